The number of nitrogens with one attached hydrogen (secondary N) is 2. The lowest BCUT2D eigenvalue weighted by molar-refractivity contribution is 0.406. The van der Waals surface area contributed by atoms with Gasteiger partial charge in [-0.3, -0.25) is 10.5 Å². The van der Waals surface area contributed by atoms with Crippen molar-refractivity contribution >= 4 is 16.9 Å². The van der Waals surface area contributed by atoms with Gasteiger partial charge in [-0.1, -0.05) is 23.4 Å². The molecule has 9 heteroatoms. The first-order chi connectivity index (χ1) is 15.1. The molecule has 2 unspecified atom stereocenters. The Morgan fingerprint density at radius 3 is 2.94 bits per heavy atom. The zero-order valence-corrected chi connectivity index (χ0v) is 17.0. The third-order valence-electron chi connectivity index (χ3n) is 5.64. The van der Waals surface area contributed by atoms with Crippen molar-refractivity contribution in [1.29, 1.82) is 10.7 Å². The molecule has 0 saturated heterocycles. The summed E-state index contributed by atoms with van der Waals surface area (Å²) in [7, 11) is 1.62. The molecule has 1 aliphatic heterocycles. The molecule has 1 aliphatic rings. The maximum atomic E-state index is 9.79. The number of hydrogen-bond donors (Lipinski definition) is 2. The second-order valence-corrected chi connectivity index (χ2v) is 7.43. The number of aromatic amines is 1. The lowest BCUT2D eigenvalue weighted by Gasteiger charge is -2.28. The van der Waals surface area contributed by atoms with Crippen molar-refractivity contribution < 1.29 is 9.47 Å². The van der Waals surface area contributed by atoms with E-state index in [9.17, 15) is 5.26 Å². The second-order valence-electron chi connectivity index (χ2n) is 7.43. The highest BCUT2D eigenvalue weighted by Crippen LogP contribution is 2.43. The average Bonchev–Trinajstić information content (AvgIpc) is 3.36. The Labute approximate surface area is 177 Å². The third-order valence-corrected chi connectivity index (χ3v) is 5.64. The largest absolute Gasteiger partial charge is 0.496 e. The number of nitrogens with zero attached hydrogens (tertiary/aromatic N) is 5. The lowest BCUT2D eigenvalue weighted by Crippen LogP contribution is -2.31. The van der Waals surface area contributed by atoms with Gasteiger partial charge in [0.05, 0.1) is 25.2 Å². The maximum absolute atomic E-state index is 9.79. The Hall–Kier alpha value is -4.19. The summed E-state index contributed by atoms with van der Waals surface area (Å²) < 4.78 is 12.9. The first kappa shape index (κ1) is 18.8. The molecule has 2 N–H and O–H groups in total. The summed E-state index contributed by atoms with van der Waals surface area (Å²) in [6, 6.07) is 15.8. The molecule has 3 heterocycles. The predicted molar refractivity (Wildman–Crippen MR) is 112 cm³/mol. The lowest BCUT2D eigenvalue weighted by atomic mass is 9.79. The number of methoxy groups -OCH3 is 1. The molecule has 31 heavy (non-hydrogen) atoms. The van der Waals surface area contributed by atoms with E-state index in [0.29, 0.717) is 18.2 Å². The van der Waals surface area contributed by atoms with E-state index in [-0.39, 0.29) is 11.8 Å². The highest BCUT2D eigenvalue weighted by Gasteiger charge is 2.40. The molecule has 0 radical (unpaired) electrons. The van der Waals surface area contributed by atoms with Crippen molar-refractivity contribution in [2.75, 3.05) is 7.11 Å². The summed E-state index contributed by atoms with van der Waals surface area (Å²) in [5, 5.41) is 33.6. The van der Waals surface area contributed by atoms with E-state index in [1.165, 1.54) is 0 Å². The van der Waals surface area contributed by atoms with Gasteiger partial charge in [-0.25, -0.2) is 4.68 Å². The molecular formula is C22H19N7O2. The summed E-state index contributed by atoms with van der Waals surface area (Å²) in [6.45, 7) is 2.34. The van der Waals surface area contributed by atoms with Crippen LogP contribution in [0, 0.1) is 29.6 Å². The van der Waals surface area contributed by atoms with Crippen LogP contribution in [-0.4, -0.2) is 38.2 Å². The molecule has 0 fully saturated rings. The van der Waals surface area contributed by atoms with Crippen LogP contribution in [0.25, 0.3) is 11.0 Å². The summed E-state index contributed by atoms with van der Waals surface area (Å²) in [4.78, 5) is 0. The van der Waals surface area contributed by atoms with Crippen LogP contribution in [0.1, 0.15) is 28.3 Å². The number of benzene rings is 2. The van der Waals surface area contributed by atoms with Gasteiger partial charge in [0, 0.05) is 22.7 Å². The van der Waals surface area contributed by atoms with E-state index >= 15 is 0 Å². The first-order valence-electron chi connectivity index (χ1n) is 9.76. The highest BCUT2D eigenvalue weighted by atomic mass is 16.5. The van der Waals surface area contributed by atoms with Gasteiger partial charge in [-0.05, 0) is 36.8 Å². The SMILES string of the molecule is COc1ccc(C2c3c(n[nH]c3C)OC(=N)C2C#N)cc1Cn1nnc2ccccc21. The Kier molecular flexibility index (Phi) is 4.40. The molecule has 0 aliphatic carbocycles. The van der Waals surface area contributed by atoms with Crippen LogP contribution in [0.2, 0.25) is 0 Å². The van der Waals surface area contributed by atoms with E-state index in [2.05, 4.69) is 26.6 Å². The van der Waals surface area contributed by atoms with Crippen LogP contribution in [0.3, 0.4) is 0 Å². The van der Waals surface area contributed by atoms with E-state index < -0.39 is 5.92 Å². The van der Waals surface area contributed by atoms with Crippen molar-refractivity contribution in [3.05, 3.63) is 64.8 Å². The maximum Gasteiger partial charge on any atom is 0.243 e. The Morgan fingerprint density at radius 2 is 2.13 bits per heavy atom. The minimum Gasteiger partial charge on any atom is -0.496 e. The van der Waals surface area contributed by atoms with Gasteiger partial charge in [0.15, 0.2) is 0 Å². The zero-order chi connectivity index (χ0) is 21.5. The fourth-order valence-corrected chi connectivity index (χ4v) is 4.15. The van der Waals surface area contributed by atoms with Crippen molar-refractivity contribution in [3.8, 4) is 17.7 Å². The molecule has 0 bridgehead atoms. The van der Waals surface area contributed by atoms with Crippen molar-refractivity contribution in [3.63, 3.8) is 0 Å². The Bertz CT molecular complexity index is 1350. The molecule has 2 aromatic carbocycles. The van der Waals surface area contributed by atoms with Crippen LogP contribution in [0.4, 0.5) is 0 Å². The number of aromatic nitrogens is 5. The smallest absolute Gasteiger partial charge is 0.243 e. The number of fused-ring (bicyclic) bond motifs is 2. The highest BCUT2D eigenvalue weighted by molar-refractivity contribution is 5.84. The van der Waals surface area contributed by atoms with E-state index in [1.54, 1.807) is 7.11 Å². The molecule has 2 atom stereocenters. The van der Waals surface area contributed by atoms with Crippen LogP contribution in [-0.2, 0) is 6.54 Å². The van der Waals surface area contributed by atoms with Gasteiger partial charge >= 0.3 is 0 Å². The number of H-pyrrole nitrogens is 1. The average molecular weight is 413 g/mol. The molecule has 0 amide bonds. The van der Waals surface area contributed by atoms with Crippen LogP contribution < -0.4 is 9.47 Å². The quantitative estimate of drug-likeness (QED) is 0.529. The predicted octanol–water partition coefficient (Wildman–Crippen LogP) is 3.16. The fraction of sp³-hybridized carbons (Fsp3) is 0.227. The molecule has 5 rings (SSSR count). The monoisotopic (exact) mass is 413 g/mol. The van der Waals surface area contributed by atoms with E-state index in [1.807, 2.05) is 54.1 Å². The number of nitriles is 1. The first-order valence-corrected chi connectivity index (χ1v) is 9.76. The summed E-state index contributed by atoms with van der Waals surface area (Å²) >= 11 is 0. The molecule has 9 nitrogen and oxygen atoms in total. The number of rotatable bonds is 4. The van der Waals surface area contributed by atoms with Crippen LogP contribution in [0.15, 0.2) is 42.5 Å². The molecular weight excluding hydrogens is 394 g/mol. The molecule has 4 aromatic rings. The van der Waals surface area contributed by atoms with Crippen molar-refractivity contribution in [1.82, 2.24) is 25.2 Å². The standard InChI is InChI=1S/C22H19N7O2/c1-12-19-20(15(10-23)21(24)31-22(19)27-25-12)13-7-8-18(30-2)14(9-13)11-29-17-6-4-3-5-16(17)26-28-29/h3-9,15,20,24H,11H2,1-2H3,(H,25,27). The summed E-state index contributed by atoms with van der Waals surface area (Å²) in [6.07, 6.45) is 0. The molecule has 0 spiro atoms. The zero-order valence-electron chi connectivity index (χ0n) is 17.0. The third kappa shape index (κ3) is 3.00. The number of hydrogen-bond acceptors (Lipinski definition) is 7. The van der Waals surface area contributed by atoms with Crippen molar-refractivity contribution in [2.45, 2.75) is 19.4 Å². The Morgan fingerprint density at radius 1 is 1.29 bits per heavy atom. The van der Waals surface area contributed by atoms with E-state index in [0.717, 1.165) is 33.4 Å². The number of ether oxygens (including phenoxy) is 2. The summed E-state index contributed by atoms with van der Waals surface area (Å²) in [5.74, 6) is -0.178. The second kappa shape index (κ2) is 7.25. The minimum absolute atomic E-state index is 0.105. The normalized spacial score (nSPS) is 17.8. The van der Waals surface area contributed by atoms with E-state index in [4.69, 9.17) is 14.9 Å². The van der Waals surface area contributed by atoms with Gasteiger partial charge in [0.1, 0.15) is 17.2 Å². The van der Waals surface area contributed by atoms with Crippen LogP contribution in [0.5, 0.6) is 11.6 Å². The van der Waals surface area contributed by atoms with Gasteiger partial charge < -0.3 is 9.47 Å². The van der Waals surface area contributed by atoms with Gasteiger partial charge in [0.2, 0.25) is 11.8 Å². The molecule has 0 saturated carbocycles. The van der Waals surface area contributed by atoms with Crippen molar-refractivity contribution in [2.24, 2.45) is 5.92 Å². The van der Waals surface area contributed by atoms with Crippen LogP contribution >= 0.6 is 0 Å². The minimum atomic E-state index is -0.753. The van der Waals surface area contributed by atoms with Gasteiger partial charge in [0.25, 0.3) is 0 Å². The molecule has 2 aromatic heterocycles. The Balaban J connectivity index is 1.62. The number of aryl methyl sites for hydroxylation is 1. The topological polar surface area (TPSA) is 125 Å². The summed E-state index contributed by atoms with van der Waals surface area (Å²) in [5.41, 5.74) is 5.13. The molecule has 154 valence electrons. The number of para-hydroxylation sites is 1. The van der Waals surface area contributed by atoms with Gasteiger partial charge in [-0.15, -0.1) is 10.2 Å². The van der Waals surface area contributed by atoms with Gasteiger partial charge in [-0.2, -0.15) is 5.26 Å². The fourth-order valence-electron chi connectivity index (χ4n) is 4.15.